The Hall–Kier alpha value is -2.51. The molecule has 0 aliphatic rings. The van der Waals surface area contributed by atoms with E-state index >= 15 is 0 Å². The summed E-state index contributed by atoms with van der Waals surface area (Å²) in [5.74, 6) is -0.320. The molecule has 3 rings (SSSR count). The number of quaternary nitrogens is 1. The van der Waals surface area contributed by atoms with E-state index in [1.165, 1.54) is 6.07 Å². The van der Waals surface area contributed by atoms with Crippen molar-refractivity contribution in [3.05, 3.63) is 64.7 Å². The van der Waals surface area contributed by atoms with Crippen molar-refractivity contribution in [1.82, 2.24) is 4.98 Å². The van der Waals surface area contributed by atoms with E-state index in [1.54, 1.807) is 31.6 Å². The second-order valence-corrected chi connectivity index (χ2v) is 6.97. The van der Waals surface area contributed by atoms with Crippen LogP contribution in [-0.4, -0.2) is 19.2 Å². The average molecular weight is 391 g/mol. The van der Waals surface area contributed by atoms with Gasteiger partial charge in [0.25, 0.3) is 0 Å². The van der Waals surface area contributed by atoms with Crippen molar-refractivity contribution in [3.63, 3.8) is 0 Å². The fourth-order valence-corrected chi connectivity index (χ4v) is 3.56. The van der Waals surface area contributed by atoms with E-state index in [0.717, 1.165) is 27.9 Å². The molecule has 2 N–H and O–H groups in total. The van der Waals surface area contributed by atoms with E-state index in [9.17, 15) is 8.78 Å². The first-order chi connectivity index (χ1) is 13.0. The number of benzene rings is 2. The highest BCUT2D eigenvalue weighted by atomic mass is 32.1. The van der Waals surface area contributed by atoms with Gasteiger partial charge in [-0.25, -0.2) is 13.8 Å². The Morgan fingerprint density at radius 2 is 1.81 bits per heavy atom. The molecule has 0 spiro atoms. The van der Waals surface area contributed by atoms with Gasteiger partial charge in [-0.05, 0) is 43.3 Å². The number of methoxy groups -OCH3 is 2. The number of rotatable bonds is 7. The fraction of sp³-hybridized carbons (Fsp3) is 0.250. The smallest absolute Gasteiger partial charge is 0.161 e. The number of aromatic nitrogens is 1. The Balaban J connectivity index is 1.68. The van der Waals surface area contributed by atoms with Gasteiger partial charge in [-0.3, -0.25) is 0 Å². The standard InChI is InChI=1S/C20H20F2N2O2S/c1-12(13-4-6-16(21)17(22)8-13)23-10-15-11-27-20(24-15)14-5-7-18(25-2)19(9-14)26-3/h4-9,11-12,23H,10H2,1-3H3/p+1/t12-/m0/s1. The Kier molecular flexibility index (Phi) is 6.03. The van der Waals surface area contributed by atoms with Crippen molar-refractivity contribution >= 4 is 11.3 Å². The zero-order valence-corrected chi connectivity index (χ0v) is 16.1. The minimum atomic E-state index is -0.829. The van der Waals surface area contributed by atoms with Crippen molar-refractivity contribution < 1.29 is 23.6 Å². The van der Waals surface area contributed by atoms with Gasteiger partial charge in [-0.15, -0.1) is 11.3 Å². The Morgan fingerprint density at radius 3 is 2.52 bits per heavy atom. The Bertz CT molecular complexity index is 930. The number of hydrogen-bond acceptors (Lipinski definition) is 4. The van der Waals surface area contributed by atoms with E-state index in [1.807, 2.05) is 35.8 Å². The number of nitrogens with zero attached hydrogens (tertiary/aromatic N) is 1. The predicted octanol–water partition coefficient (Wildman–Crippen LogP) is 3.93. The van der Waals surface area contributed by atoms with Gasteiger partial charge in [-0.1, -0.05) is 0 Å². The monoisotopic (exact) mass is 391 g/mol. The van der Waals surface area contributed by atoms with Crippen LogP contribution >= 0.6 is 11.3 Å². The molecule has 0 aliphatic heterocycles. The minimum Gasteiger partial charge on any atom is -0.493 e. The van der Waals surface area contributed by atoms with E-state index in [0.29, 0.717) is 18.0 Å². The molecule has 0 saturated heterocycles. The maximum absolute atomic E-state index is 13.4. The first kappa shape index (κ1) is 19.3. The molecule has 0 bridgehead atoms. The summed E-state index contributed by atoms with van der Waals surface area (Å²) in [5, 5.41) is 4.93. The van der Waals surface area contributed by atoms with Gasteiger partial charge >= 0.3 is 0 Å². The van der Waals surface area contributed by atoms with Gasteiger partial charge in [0.2, 0.25) is 0 Å². The van der Waals surface area contributed by atoms with E-state index in [-0.39, 0.29) is 6.04 Å². The van der Waals surface area contributed by atoms with Crippen LogP contribution in [0.25, 0.3) is 10.6 Å². The second kappa shape index (κ2) is 8.45. The third-order valence-corrected chi connectivity index (χ3v) is 5.27. The summed E-state index contributed by atoms with van der Waals surface area (Å²) in [5.41, 5.74) is 2.63. The molecule has 7 heteroatoms. The highest BCUT2D eigenvalue weighted by molar-refractivity contribution is 7.13. The molecule has 0 saturated carbocycles. The lowest BCUT2D eigenvalue weighted by molar-refractivity contribution is -0.708. The molecule has 1 heterocycles. The molecule has 1 aromatic heterocycles. The number of hydrogen-bond donors (Lipinski definition) is 1. The van der Waals surface area contributed by atoms with Gasteiger partial charge in [0, 0.05) is 16.5 Å². The lowest BCUT2D eigenvalue weighted by atomic mass is 10.1. The molecule has 3 aromatic rings. The second-order valence-electron chi connectivity index (χ2n) is 6.12. The summed E-state index contributed by atoms with van der Waals surface area (Å²) in [6.07, 6.45) is 0. The van der Waals surface area contributed by atoms with Crippen LogP contribution < -0.4 is 14.8 Å². The van der Waals surface area contributed by atoms with Crippen molar-refractivity contribution in [2.75, 3.05) is 14.2 Å². The van der Waals surface area contributed by atoms with Crippen LogP contribution in [0, 0.1) is 11.6 Å². The van der Waals surface area contributed by atoms with Gasteiger partial charge in [0.05, 0.1) is 14.2 Å². The molecule has 142 valence electrons. The van der Waals surface area contributed by atoms with Gasteiger partial charge in [0.15, 0.2) is 23.1 Å². The Labute approximate surface area is 160 Å². The lowest BCUT2D eigenvalue weighted by Crippen LogP contribution is -2.83. The summed E-state index contributed by atoms with van der Waals surface area (Å²) in [7, 11) is 3.20. The first-order valence-electron chi connectivity index (χ1n) is 8.47. The van der Waals surface area contributed by atoms with Gasteiger partial charge in [-0.2, -0.15) is 0 Å². The van der Waals surface area contributed by atoms with Crippen molar-refractivity contribution in [2.24, 2.45) is 0 Å². The molecular weight excluding hydrogens is 370 g/mol. The SMILES string of the molecule is COc1ccc(-c2nc(C[NH2+][C@@H](C)c3ccc(F)c(F)c3)cs2)cc1OC. The van der Waals surface area contributed by atoms with Crippen LogP contribution in [0.15, 0.2) is 41.8 Å². The minimum absolute atomic E-state index is 0.00803. The summed E-state index contributed by atoms with van der Waals surface area (Å²) in [4.78, 5) is 4.67. The van der Waals surface area contributed by atoms with Crippen LogP contribution in [0.5, 0.6) is 11.5 Å². The molecular formula is C20H21F2N2O2S+. The van der Waals surface area contributed by atoms with Crippen molar-refractivity contribution in [3.8, 4) is 22.1 Å². The normalized spacial score (nSPS) is 12.0. The van der Waals surface area contributed by atoms with Crippen LogP contribution in [0.4, 0.5) is 8.78 Å². The number of halogens is 2. The van der Waals surface area contributed by atoms with E-state index in [4.69, 9.17) is 9.47 Å². The largest absolute Gasteiger partial charge is 0.493 e. The van der Waals surface area contributed by atoms with Crippen LogP contribution in [0.1, 0.15) is 24.2 Å². The number of ether oxygens (including phenoxy) is 2. The van der Waals surface area contributed by atoms with E-state index < -0.39 is 11.6 Å². The quantitative estimate of drug-likeness (QED) is 0.664. The molecule has 2 aromatic carbocycles. The third kappa shape index (κ3) is 4.43. The number of thiazole rings is 1. The first-order valence-corrected chi connectivity index (χ1v) is 9.35. The molecule has 0 unspecified atom stereocenters. The number of nitrogens with two attached hydrogens (primary N) is 1. The molecule has 0 radical (unpaired) electrons. The van der Waals surface area contributed by atoms with Crippen LogP contribution in [0.3, 0.4) is 0 Å². The molecule has 0 aliphatic carbocycles. The zero-order chi connectivity index (χ0) is 19.4. The van der Waals surface area contributed by atoms with Gasteiger partial charge < -0.3 is 14.8 Å². The topological polar surface area (TPSA) is 48.0 Å². The molecule has 1 atom stereocenters. The van der Waals surface area contributed by atoms with Crippen LogP contribution in [0.2, 0.25) is 0 Å². The lowest BCUT2D eigenvalue weighted by Gasteiger charge is -2.10. The van der Waals surface area contributed by atoms with Crippen LogP contribution in [-0.2, 0) is 6.54 Å². The third-order valence-electron chi connectivity index (χ3n) is 4.33. The summed E-state index contributed by atoms with van der Waals surface area (Å²) >= 11 is 1.55. The molecule has 27 heavy (non-hydrogen) atoms. The maximum Gasteiger partial charge on any atom is 0.161 e. The van der Waals surface area contributed by atoms with Gasteiger partial charge in [0.1, 0.15) is 23.3 Å². The maximum atomic E-state index is 13.4. The predicted molar refractivity (Wildman–Crippen MR) is 101 cm³/mol. The summed E-state index contributed by atoms with van der Waals surface area (Å²) in [6.45, 7) is 2.60. The fourth-order valence-electron chi connectivity index (χ4n) is 2.73. The highest BCUT2D eigenvalue weighted by Crippen LogP contribution is 2.33. The van der Waals surface area contributed by atoms with Crippen molar-refractivity contribution in [2.45, 2.75) is 19.5 Å². The molecule has 0 amide bonds. The van der Waals surface area contributed by atoms with Crippen molar-refractivity contribution in [1.29, 1.82) is 0 Å². The van der Waals surface area contributed by atoms with E-state index in [2.05, 4.69) is 4.98 Å². The Morgan fingerprint density at radius 1 is 1.04 bits per heavy atom. The highest BCUT2D eigenvalue weighted by Gasteiger charge is 2.14. The molecule has 0 fully saturated rings. The average Bonchev–Trinajstić information content (AvgIpc) is 3.16. The summed E-state index contributed by atoms with van der Waals surface area (Å²) < 4.78 is 37.1. The zero-order valence-electron chi connectivity index (χ0n) is 15.3. The summed E-state index contributed by atoms with van der Waals surface area (Å²) in [6, 6.07) is 9.69. The molecule has 4 nitrogen and oxygen atoms in total.